The molecule has 0 radical (unpaired) electrons. The van der Waals surface area contributed by atoms with E-state index in [9.17, 15) is 4.79 Å². The first kappa shape index (κ1) is 20.3. The van der Waals surface area contributed by atoms with Crippen molar-refractivity contribution in [2.45, 2.75) is 39.9 Å². The van der Waals surface area contributed by atoms with Gasteiger partial charge in [0.05, 0.1) is 24.9 Å². The summed E-state index contributed by atoms with van der Waals surface area (Å²) in [5, 5.41) is 3.36. The van der Waals surface area contributed by atoms with Crippen LogP contribution >= 0.6 is 11.3 Å². The summed E-state index contributed by atoms with van der Waals surface area (Å²) >= 11 is 1.60. The maximum atomic E-state index is 13.6. The molecule has 0 aliphatic heterocycles. The molecule has 4 aromatic rings. The van der Waals surface area contributed by atoms with Gasteiger partial charge in [0.1, 0.15) is 17.2 Å². The number of hydrogen-bond acceptors (Lipinski definition) is 6. The van der Waals surface area contributed by atoms with Crippen molar-refractivity contribution in [3.63, 3.8) is 0 Å². The molecule has 0 aliphatic carbocycles. The number of rotatable bonds is 6. The molecule has 6 heteroatoms. The normalized spacial score (nSPS) is 11.6. The van der Waals surface area contributed by atoms with Gasteiger partial charge >= 0.3 is 0 Å². The van der Waals surface area contributed by atoms with Crippen molar-refractivity contribution in [2.75, 3.05) is 7.11 Å². The highest BCUT2D eigenvalue weighted by Gasteiger charge is 2.24. The summed E-state index contributed by atoms with van der Waals surface area (Å²) in [6, 6.07) is 9.70. The molecule has 0 atom stereocenters. The van der Waals surface area contributed by atoms with Crippen molar-refractivity contribution in [2.24, 2.45) is 0 Å². The molecular weight excluding hydrogens is 400 g/mol. The molecule has 2 aromatic heterocycles. The first-order chi connectivity index (χ1) is 14.4. The molecule has 0 bridgehead atoms. The summed E-state index contributed by atoms with van der Waals surface area (Å²) in [4.78, 5) is 13.6. The molecule has 0 N–H and O–H groups in total. The van der Waals surface area contributed by atoms with Crippen LogP contribution < -0.4 is 19.6 Å². The summed E-state index contributed by atoms with van der Waals surface area (Å²) in [5.41, 5.74) is 1.58. The zero-order valence-corrected chi connectivity index (χ0v) is 18.5. The van der Waals surface area contributed by atoms with Crippen molar-refractivity contribution in [3.05, 3.63) is 52.2 Å². The van der Waals surface area contributed by atoms with Crippen LogP contribution in [0.15, 0.2) is 51.2 Å². The number of benzene rings is 2. The van der Waals surface area contributed by atoms with Crippen LogP contribution in [-0.4, -0.2) is 19.3 Å². The summed E-state index contributed by atoms with van der Waals surface area (Å²) in [5.74, 6) is 1.22. The summed E-state index contributed by atoms with van der Waals surface area (Å²) in [6.07, 6.45) is 1.28. The van der Waals surface area contributed by atoms with E-state index in [0.717, 1.165) is 15.6 Å². The lowest BCUT2D eigenvalue weighted by atomic mass is 10.0. The van der Waals surface area contributed by atoms with Gasteiger partial charge in [-0.15, -0.1) is 11.3 Å². The smallest absolute Gasteiger partial charge is 0.204 e. The molecular formula is C24H24O5S. The molecule has 0 unspecified atom stereocenters. The van der Waals surface area contributed by atoms with E-state index in [0.29, 0.717) is 33.8 Å². The SMILES string of the molecule is COc1c(OC(C)C)cc2occ(-c3csc4ccccc34)c(=O)c2c1OC(C)C. The fourth-order valence-corrected chi connectivity index (χ4v) is 4.43. The predicted octanol–water partition coefficient (Wildman–Crippen LogP) is 6.26. The van der Waals surface area contributed by atoms with Crippen LogP contribution in [0.2, 0.25) is 0 Å². The van der Waals surface area contributed by atoms with Gasteiger partial charge in [0.15, 0.2) is 11.5 Å². The lowest BCUT2D eigenvalue weighted by Gasteiger charge is -2.20. The molecule has 0 saturated carbocycles. The van der Waals surface area contributed by atoms with E-state index in [1.54, 1.807) is 24.5 Å². The van der Waals surface area contributed by atoms with Gasteiger partial charge in [-0.25, -0.2) is 0 Å². The molecule has 0 amide bonds. The lowest BCUT2D eigenvalue weighted by Crippen LogP contribution is -2.14. The molecule has 0 fully saturated rings. The van der Waals surface area contributed by atoms with E-state index in [1.807, 2.05) is 57.3 Å². The number of ether oxygens (including phenoxy) is 3. The molecule has 4 rings (SSSR count). The fraction of sp³-hybridized carbons (Fsp3) is 0.292. The summed E-state index contributed by atoms with van der Waals surface area (Å²) in [7, 11) is 1.54. The third-order valence-electron chi connectivity index (χ3n) is 4.63. The minimum Gasteiger partial charge on any atom is -0.490 e. The van der Waals surface area contributed by atoms with Crippen LogP contribution in [0.3, 0.4) is 0 Å². The van der Waals surface area contributed by atoms with E-state index in [-0.39, 0.29) is 17.6 Å². The minimum atomic E-state index is -0.165. The van der Waals surface area contributed by atoms with Gasteiger partial charge in [-0.05, 0) is 33.8 Å². The Hall–Kier alpha value is -2.99. The second-order valence-electron chi connectivity index (χ2n) is 7.57. The molecule has 5 nitrogen and oxygen atoms in total. The Kier molecular flexibility index (Phi) is 5.43. The first-order valence-corrected chi connectivity index (χ1v) is 10.7. The Morgan fingerprint density at radius 2 is 1.70 bits per heavy atom. The van der Waals surface area contributed by atoms with Gasteiger partial charge in [0.2, 0.25) is 11.2 Å². The van der Waals surface area contributed by atoms with E-state index < -0.39 is 0 Å². The second kappa shape index (κ2) is 8.03. The van der Waals surface area contributed by atoms with Crippen molar-refractivity contribution in [1.29, 1.82) is 0 Å². The zero-order chi connectivity index (χ0) is 21.4. The van der Waals surface area contributed by atoms with Gasteiger partial charge < -0.3 is 18.6 Å². The van der Waals surface area contributed by atoms with Gasteiger partial charge in [0, 0.05) is 27.1 Å². The van der Waals surface area contributed by atoms with Gasteiger partial charge in [-0.2, -0.15) is 0 Å². The number of hydrogen-bond donors (Lipinski definition) is 0. The average molecular weight is 425 g/mol. The van der Waals surface area contributed by atoms with Gasteiger partial charge in [0.25, 0.3) is 0 Å². The topological polar surface area (TPSA) is 57.9 Å². The van der Waals surface area contributed by atoms with E-state index in [4.69, 9.17) is 18.6 Å². The molecule has 2 heterocycles. The van der Waals surface area contributed by atoms with Crippen LogP contribution in [0.4, 0.5) is 0 Å². The monoisotopic (exact) mass is 424 g/mol. The van der Waals surface area contributed by atoms with Crippen LogP contribution in [0.5, 0.6) is 17.2 Å². The molecule has 30 heavy (non-hydrogen) atoms. The highest BCUT2D eigenvalue weighted by atomic mass is 32.1. The number of fused-ring (bicyclic) bond motifs is 2. The third kappa shape index (κ3) is 3.52. The molecule has 0 aliphatic rings. The number of methoxy groups -OCH3 is 1. The fourth-order valence-electron chi connectivity index (χ4n) is 3.47. The van der Waals surface area contributed by atoms with Crippen molar-refractivity contribution < 1.29 is 18.6 Å². The second-order valence-corrected chi connectivity index (χ2v) is 8.48. The Labute approximate surface area is 178 Å². The quantitative estimate of drug-likeness (QED) is 0.366. The van der Waals surface area contributed by atoms with Crippen molar-refractivity contribution in [1.82, 2.24) is 0 Å². The van der Waals surface area contributed by atoms with Gasteiger partial charge in [-0.1, -0.05) is 18.2 Å². The first-order valence-electron chi connectivity index (χ1n) is 9.87. The molecule has 0 spiro atoms. The van der Waals surface area contributed by atoms with Crippen LogP contribution in [0.1, 0.15) is 27.7 Å². The largest absolute Gasteiger partial charge is 0.490 e. The molecule has 0 saturated heterocycles. The standard InChI is InChI=1S/C24H24O5S/c1-13(2)28-19-10-18-21(24(23(19)26-5)29-14(3)4)22(25)16(11-27-18)17-12-30-20-9-7-6-8-15(17)20/h6-14H,1-5H3. The van der Waals surface area contributed by atoms with E-state index in [2.05, 4.69) is 0 Å². The molecule has 2 aromatic carbocycles. The number of thiophene rings is 1. The Morgan fingerprint density at radius 1 is 0.967 bits per heavy atom. The average Bonchev–Trinajstić information content (AvgIpc) is 3.11. The highest BCUT2D eigenvalue weighted by molar-refractivity contribution is 7.17. The van der Waals surface area contributed by atoms with E-state index in [1.165, 1.54) is 6.26 Å². The maximum absolute atomic E-state index is 13.6. The Morgan fingerprint density at radius 3 is 2.40 bits per heavy atom. The van der Waals surface area contributed by atoms with Crippen LogP contribution in [0.25, 0.3) is 32.2 Å². The van der Waals surface area contributed by atoms with Crippen molar-refractivity contribution in [3.8, 4) is 28.4 Å². The zero-order valence-electron chi connectivity index (χ0n) is 17.6. The Balaban J connectivity index is 2.03. The predicted molar refractivity (Wildman–Crippen MR) is 121 cm³/mol. The highest BCUT2D eigenvalue weighted by Crippen LogP contribution is 2.44. The maximum Gasteiger partial charge on any atom is 0.204 e. The minimum absolute atomic E-state index is 0.0774. The van der Waals surface area contributed by atoms with Crippen LogP contribution in [0, 0.1) is 0 Å². The van der Waals surface area contributed by atoms with Crippen molar-refractivity contribution >= 4 is 32.4 Å². The molecule has 156 valence electrons. The van der Waals surface area contributed by atoms with Crippen LogP contribution in [-0.2, 0) is 0 Å². The van der Waals surface area contributed by atoms with E-state index >= 15 is 0 Å². The Bertz CT molecular complexity index is 1270. The summed E-state index contributed by atoms with van der Waals surface area (Å²) in [6.45, 7) is 7.65. The lowest BCUT2D eigenvalue weighted by molar-refractivity contribution is 0.210. The van der Waals surface area contributed by atoms with Gasteiger partial charge in [-0.3, -0.25) is 4.79 Å². The third-order valence-corrected chi connectivity index (χ3v) is 5.60. The summed E-state index contributed by atoms with van der Waals surface area (Å²) < 4.78 is 24.6.